The molecule has 1 N–H and O–H groups in total. The highest BCUT2D eigenvalue weighted by Gasteiger charge is 2.02. The predicted octanol–water partition coefficient (Wildman–Crippen LogP) is 3.69. The van der Waals surface area contributed by atoms with Crippen LogP contribution >= 0.6 is 0 Å². The number of carbonyl (C=O) groups excluding carboxylic acids is 1. The Labute approximate surface area is 138 Å². The van der Waals surface area contributed by atoms with Crippen LogP contribution in [-0.4, -0.2) is 19.6 Å². The molecule has 0 aliphatic rings. The number of amides is 1. The van der Waals surface area contributed by atoms with Crippen molar-refractivity contribution in [2.75, 3.05) is 13.7 Å². The second-order valence-electron chi connectivity index (χ2n) is 5.79. The fourth-order valence-corrected chi connectivity index (χ4v) is 2.47. The number of nitrogens with one attached hydrogen (secondary N) is 1. The highest BCUT2D eigenvalue weighted by Crippen LogP contribution is 2.12. The van der Waals surface area contributed by atoms with Crippen molar-refractivity contribution in [3.05, 3.63) is 65.2 Å². The first-order valence-electron chi connectivity index (χ1n) is 8.12. The van der Waals surface area contributed by atoms with E-state index in [1.54, 1.807) is 7.11 Å². The summed E-state index contributed by atoms with van der Waals surface area (Å²) in [6.07, 6.45) is 3.23. The van der Waals surface area contributed by atoms with Crippen LogP contribution in [0.5, 0.6) is 5.75 Å². The lowest BCUT2D eigenvalue weighted by atomic mass is 10.1. The number of ether oxygens (including phenoxy) is 1. The highest BCUT2D eigenvalue weighted by molar-refractivity contribution is 5.75. The van der Waals surface area contributed by atoms with E-state index in [4.69, 9.17) is 4.74 Å². The molecular weight excluding hydrogens is 286 g/mol. The summed E-state index contributed by atoms with van der Waals surface area (Å²) in [6.45, 7) is 2.75. The first-order valence-corrected chi connectivity index (χ1v) is 8.12. The Hall–Kier alpha value is -2.29. The van der Waals surface area contributed by atoms with Crippen LogP contribution < -0.4 is 10.1 Å². The third-order valence-electron chi connectivity index (χ3n) is 3.86. The number of rotatable bonds is 8. The van der Waals surface area contributed by atoms with E-state index in [0.717, 1.165) is 25.0 Å². The molecule has 2 aromatic rings. The summed E-state index contributed by atoms with van der Waals surface area (Å²) in [5.41, 5.74) is 3.73. The van der Waals surface area contributed by atoms with E-state index >= 15 is 0 Å². The minimum absolute atomic E-state index is 0.125. The summed E-state index contributed by atoms with van der Waals surface area (Å²) in [5.74, 6) is 0.979. The Morgan fingerprint density at radius 2 is 1.83 bits per heavy atom. The van der Waals surface area contributed by atoms with E-state index in [0.29, 0.717) is 13.0 Å². The van der Waals surface area contributed by atoms with Gasteiger partial charge in [-0.3, -0.25) is 4.79 Å². The van der Waals surface area contributed by atoms with Gasteiger partial charge in [0.15, 0.2) is 0 Å². The largest absolute Gasteiger partial charge is 0.497 e. The summed E-state index contributed by atoms with van der Waals surface area (Å²) >= 11 is 0. The molecule has 1 amide bonds. The van der Waals surface area contributed by atoms with Crippen LogP contribution in [0.1, 0.15) is 29.5 Å². The second kappa shape index (κ2) is 8.99. The van der Waals surface area contributed by atoms with Gasteiger partial charge in [-0.2, -0.15) is 0 Å². The van der Waals surface area contributed by atoms with Crippen molar-refractivity contribution in [2.24, 2.45) is 0 Å². The lowest BCUT2D eigenvalue weighted by Gasteiger charge is -2.07. The average Bonchev–Trinajstić information content (AvgIpc) is 2.57. The maximum Gasteiger partial charge on any atom is 0.220 e. The van der Waals surface area contributed by atoms with Gasteiger partial charge in [-0.15, -0.1) is 0 Å². The van der Waals surface area contributed by atoms with Crippen LogP contribution in [0, 0.1) is 6.92 Å². The van der Waals surface area contributed by atoms with Crippen LogP contribution in [0.2, 0.25) is 0 Å². The summed E-state index contributed by atoms with van der Waals surface area (Å²) in [6, 6.07) is 16.4. The molecule has 0 aliphatic carbocycles. The summed E-state index contributed by atoms with van der Waals surface area (Å²) < 4.78 is 5.20. The van der Waals surface area contributed by atoms with Crippen LogP contribution in [0.15, 0.2) is 48.5 Å². The molecule has 3 heteroatoms. The van der Waals surface area contributed by atoms with E-state index in [-0.39, 0.29) is 5.91 Å². The van der Waals surface area contributed by atoms with E-state index in [1.807, 2.05) is 24.3 Å². The van der Waals surface area contributed by atoms with Gasteiger partial charge in [0.2, 0.25) is 5.91 Å². The van der Waals surface area contributed by atoms with Gasteiger partial charge in [0.05, 0.1) is 7.11 Å². The van der Waals surface area contributed by atoms with Crippen molar-refractivity contribution < 1.29 is 9.53 Å². The highest BCUT2D eigenvalue weighted by atomic mass is 16.5. The predicted molar refractivity (Wildman–Crippen MR) is 93.8 cm³/mol. The lowest BCUT2D eigenvalue weighted by Crippen LogP contribution is -2.25. The van der Waals surface area contributed by atoms with Crippen molar-refractivity contribution in [2.45, 2.75) is 32.6 Å². The van der Waals surface area contributed by atoms with E-state index in [2.05, 4.69) is 36.5 Å². The quantitative estimate of drug-likeness (QED) is 0.807. The van der Waals surface area contributed by atoms with Crippen molar-refractivity contribution in [3.63, 3.8) is 0 Å². The summed E-state index contributed by atoms with van der Waals surface area (Å²) in [4.78, 5) is 11.9. The van der Waals surface area contributed by atoms with Gasteiger partial charge >= 0.3 is 0 Å². The van der Waals surface area contributed by atoms with Crippen molar-refractivity contribution >= 4 is 5.91 Å². The van der Waals surface area contributed by atoms with Gasteiger partial charge in [0, 0.05) is 13.0 Å². The molecule has 0 saturated carbocycles. The molecule has 0 aromatic heterocycles. The van der Waals surface area contributed by atoms with Crippen molar-refractivity contribution in [1.29, 1.82) is 0 Å². The first-order chi connectivity index (χ1) is 11.2. The molecule has 2 aromatic carbocycles. The molecule has 0 radical (unpaired) electrons. The second-order valence-corrected chi connectivity index (χ2v) is 5.79. The third-order valence-corrected chi connectivity index (χ3v) is 3.86. The average molecular weight is 311 g/mol. The van der Waals surface area contributed by atoms with Gasteiger partial charge in [0.1, 0.15) is 5.75 Å². The zero-order valence-corrected chi connectivity index (χ0v) is 14.0. The third kappa shape index (κ3) is 6.15. The number of hydrogen-bond donors (Lipinski definition) is 1. The Bertz CT molecular complexity index is 620. The molecule has 0 fully saturated rings. The van der Waals surface area contributed by atoms with Crippen LogP contribution in [0.4, 0.5) is 0 Å². The number of carbonyl (C=O) groups is 1. The van der Waals surface area contributed by atoms with Crippen LogP contribution in [0.3, 0.4) is 0 Å². The van der Waals surface area contributed by atoms with Gasteiger partial charge in [-0.1, -0.05) is 42.0 Å². The summed E-state index contributed by atoms with van der Waals surface area (Å²) in [5, 5.41) is 2.98. The number of methoxy groups -OCH3 is 1. The normalized spacial score (nSPS) is 10.3. The van der Waals surface area contributed by atoms with Crippen LogP contribution in [0.25, 0.3) is 0 Å². The molecule has 122 valence electrons. The number of benzene rings is 2. The molecule has 23 heavy (non-hydrogen) atoms. The number of hydrogen-bond acceptors (Lipinski definition) is 2. The maximum absolute atomic E-state index is 11.9. The van der Waals surface area contributed by atoms with Gasteiger partial charge in [0.25, 0.3) is 0 Å². The first kappa shape index (κ1) is 17.1. The monoisotopic (exact) mass is 311 g/mol. The van der Waals surface area contributed by atoms with Crippen molar-refractivity contribution in [3.8, 4) is 5.75 Å². The maximum atomic E-state index is 11.9. The molecule has 0 aliphatic heterocycles. The molecule has 2 rings (SSSR count). The van der Waals surface area contributed by atoms with Gasteiger partial charge in [-0.05, 0) is 49.4 Å². The molecule has 0 heterocycles. The SMILES string of the molecule is COc1cccc(CCNC(=O)CCCc2ccc(C)cc2)c1. The van der Waals surface area contributed by atoms with Crippen LogP contribution in [-0.2, 0) is 17.6 Å². The lowest BCUT2D eigenvalue weighted by molar-refractivity contribution is -0.121. The molecule has 0 spiro atoms. The topological polar surface area (TPSA) is 38.3 Å². The van der Waals surface area contributed by atoms with E-state index in [1.165, 1.54) is 16.7 Å². The molecule has 0 unspecified atom stereocenters. The molecule has 0 atom stereocenters. The Morgan fingerprint density at radius 3 is 2.57 bits per heavy atom. The molecule has 0 saturated heterocycles. The molecule has 0 bridgehead atoms. The smallest absolute Gasteiger partial charge is 0.220 e. The standard InChI is InChI=1S/C20H25NO2/c1-16-9-11-17(12-10-16)5-4-8-20(22)21-14-13-18-6-3-7-19(15-18)23-2/h3,6-7,9-12,15H,4-5,8,13-14H2,1-2H3,(H,21,22). The Balaban J connectivity index is 1.64. The minimum atomic E-state index is 0.125. The van der Waals surface area contributed by atoms with Gasteiger partial charge < -0.3 is 10.1 Å². The zero-order chi connectivity index (χ0) is 16.5. The molecular formula is C20H25NO2. The molecule has 3 nitrogen and oxygen atoms in total. The summed E-state index contributed by atoms with van der Waals surface area (Å²) in [7, 11) is 1.66. The Morgan fingerprint density at radius 1 is 1.04 bits per heavy atom. The minimum Gasteiger partial charge on any atom is -0.497 e. The fourth-order valence-electron chi connectivity index (χ4n) is 2.47. The zero-order valence-electron chi connectivity index (χ0n) is 14.0. The number of aryl methyl sites for hydroxylation is 2. The van der Waals surface area contributed by atoms with Gasteiger partial charge in [-0.25, -0.2) is 0 Å². The van der Waals surface area contributed by atoms with Crippen molar-refractivity contribution in [1.82, 2.24) is 5.32 Å². The van der Waals surface area contributed by atoms with E-state index in [9.17, 15) is 4.79 Å². The fraction of sp³-hybridized carbons (Fsp3) is 0.350. The Kier molecular flexibility index (Phi) is 6.67. The van der Waals surface area contributed by atoms with E-state index < -0.39 is 0 Å².